The van der Waals surface area contributed by atoms with Crippen molar-refractivity contribution in [2.45, 2.75) is 44.5 Å². The first-order valence-electron chi connectivity index (χ1n) is 6.08. The van der Waals surface area contributed by atoms with Crippen LogP contribution in [0.2, 0.25) is 5.02 Å². The highest BCUT2D eigenvalue weighted by atomic mass is 35.5. The minimum atomic E-state index is -4.53. The Labute approximate surface area is 127 Å². The first-order valence-corrected chi connectivity index (χ1v) is 6.46. The minimum absolute atomic E-state index is 0. The smallest absolute Gasteiger partial charge is 0.391 e. The molecule has 7 heteroatoms. The highest BCUT2D eigenvalue weighted by Crippen LogP contribution is 2.38. The maximum absolute atomic E-state index is 12.7. The quantitative estimate of drug-likeness (QED) is 0.843. The molecule has 0 saturated carbocycles. The third kappa shape index (κ3) is 4.81. The van der Waals surface area contributed by atoms with Gasteiger partial charge in [-0.05, 0) is 18.1 Å². The van der Waals surface area contributed by atoms with Crippen LogP contribution in [0.5, 0.6) is 0 Å². The van der Waals surface area contributed by atoms with E-state index < -0.39 is 28.9 Å². The van der Waals surface area contributed by atoms with E-state index in [1.165, 1.54) is 12.1 Å². The molecule has 116 valence electrons. The number of nitrogens with two attached hydrogens (primary N) is 1. The molecule has 0 aromatic heterocycles. The summed E-state index contributed by atoms with van der Waals surface area (Å²) in [7, 11) is 0. The van der Waals surface area contributed by atoms with Crippen molar-refractivity contribution in [3.05, 3.63) is 34.3 Å². The van der Waals surface area contributed by atoms with Crippen LogP contribution in [0.25, 0.3) is 0 Å². The minimum Gasteiger partial charge on any atom is -0.391 e. The largest absolute Gasteiger partial charge is 0.417 e. The van der Waals surface area contributed by atoms with Gasteiger partial charge in [0.2, 0.25) is 0 Å². The molecule has 0 heterocycles. The Kier molecular flexibility index (Phi) is 7.88. The van der Waals surface area contributed by atoms with Crippen LogP contribution >= 0.6 is 24.0 Å². The Hall–Kier alpha value is -0.490. The Morgan fingerprint density at radius 3 is 2.45 bits per heavy atom. The van der Waals surface area contributed by atoms with E-state index in [1.807, 2.05) is 6.92 Å². The van der Waals surface area contributed by atoms with Crippen LogP contribution < -0.4 is 5.73 Å². The first kappa shape index (κ1) is 19.5. The van der Waals surface area contributed by atoms with Crippen molar-refractivity contribution in [2.24, 2.45) is 5.73 Å². The number of aliphatic hydroxyl groups excluding tert-OH is 1. The number of hydrogen-bond donors (Lipinski definition) is 2. The van der Waals surface area contributed by atoms with Gasteiger partial charge in [-0.15, -0.1) is 12.4 Å². The molecule has 0 unspecified atom stereocenters. The summed E-state index contributed by atoms with van der Waals surface area (Å²) >= 11 is 5.76. The maximum atomic E-state index is 12.7. The van der Waals surface area contributed by atoms with Crippen LogP contribution in [0.3, 0.4) is 0 Å². The monoisotopic (exact) mass is 331 g/mol. The van der Waals surface area contributed by atoms with Gasteiger partial charge in [-0.1, -0.05) is 43.5 Å². The lowest BCUT2D eigenvalue weighted by Crippen LogP contribution is -2.27. The van der Waals surface area contributed by atoms with Crippen molar-refractivity contribution in [2.75, 3.05) is 0 Å². The summed E-state index contributed by atoms with van der Waals surface area (Å²) < 4.78 is 38.1. The Morgan fingerprint density at radius 2 is 1.95 bits per heavy atom. The molecule has 1 aromatic rings. The molecule has 1 rings (SSSR count). The van der Waals surface area contributed by atoms with E-state index in [2.05, 4.69) is 0 Å². The molecule has 0 aliphatic carbocycles. The number of aliphatic hydroxyl groups is 1. The average molecular weight is 332 g/mol. The molecule has 3 N–H and O–H groups in total. The predicted octanol–water partition coefficient (Wildman–Crippen LogP) is 4.33. The van der Waals surface area contributed by atoms with Gasteiger partial charge in [-0.2, -0.15) is 13.2 Å². The normalized spacial score (nSPS) is 14.6. The SMILES string of the molecule is CCCC[C@H](O)[C@H](N)c1cccc(C(F)(F)F)c1Cl.Cl. The zero-order valence-corrected chi connectivity index (χ0v) is 12.5. The molecule has 0 fully saturated rings. The molecular weight excluding hydrogens is 314 g/mol. The first-order chi connectivity index (χ1) is 8.79. The molecule has 0 aliphatic rings. The second-order valence-corrected chi connectivity index (χ2v) is 4.82. The van der Waals surface area contributed by atoms with Gasteiger partial charge in [0, 0.05) is 0 Å². The highest BCUT2D eigenvalue weighted by molar-refractivity contribution is 6.32. The molecule has 0 spiro atoms. The lowest BCUT2D eigenvalue weighted by Gasteiger charge is -2.21. The Balaban J connectivity index is 0.00000361. The van der Waals surface area contributed by atoms with Gasteiger partial charge in [0.1, 0.15) is 0 Å². The van der Waals surface area contributed by atoms with Crippen LogP contribution in [0, 0.1) is 0 Å². The van der Waals surface area contributed by atoms with E-state index in [9.17, 15) is 18.3 Å². The van der Waals surface area contributed by atoms with Crippen LogP contribution in [0.4, 0.5) is 13.2 Å². The fourth-order valence-corrected chi connectivity index (χ4v) is 2.19. The fourth-order valence-electron chi connectivity index (χ4n) is 1.83. The zero-order valence-electron chi connectivity index (χ0n) is 11.0. The van der Waals surface area contributed by atoms with Gasteiger partial charge in [-0.25, -0.2) is 0 Å². The van der Waals surface area contributed by atoms with Gasteiger partial charge in [0.25, 0.3) is 0 Å². The van der Waals surface area contributed by atoms with E-state index >= 15 is 0 Å². The standard InChI is InChI=1S/C13H17ClF3NO.ClH/c1-2-3-7-10(19)12(18)8-5-4-6-9(11(8)14)13(15,16)17;/h4-6,10,12,19H,2-3,7,18H2,1H3;1H/t10-,12+;/m0./s1. The molecule has 0 aliphatic heterocycles. The van der Waals surface area contributed by atoms with Crippen molar-refractivity contribution in [3.63, 3.8) is 0 Å². The zero-order chi connectivity index (χ0) is 14.6. The summed E-state index contributed by atoms with van der Waals surface area (Å²) in [6.45, 7) is 1.95. The maximum Gasteiger partial charge on any atom is 0.417 e. The van der Waals surface area contributed by atoms with E-state index in [4.69, 9.17) is 17.3 Å². The highest BCUT2D eigenvalue weighted by Gasteiger charge is 2.35. The van der Waals surface area contributed by atoms with Gasteiger partial charge in [0.15, 0.2) is 0 Å². The molecule has 0 radical (unpaired) electrons. The van der Waals surface area contributed by atoms with Crippen molar-refractivity contribution in [1.82, 2.24) is 0 Å². The third-order valence-electron chi connectivity index (χ3n) is 2.96. The fraction of sp³-hybridized carbons (Fsp3) is 0.538. The number of alkyl halides is 3. The summed E-state index contributed by atoms with van der Waals surface area (Å²) in [5.74, 6) is 0. The molecule has 0 amide bonds. The summed E-state index contributed by atoms with van der Waals surface area (Å²) in [5.41, 5.74) is 4.99. The second kappa shape index (κ2) is 8.08. The Morgan fingerprint density at radius 1 is 1.35 bits per heavy atom. The average Bonchev–Trinajstić information content (AvgIpc) is 2.34. The molecule has 0 bridgehead atoms. The van der Waals surface area contributed by atoms with Gasteiger partial charge >= 0.3 is 6.18 Å². The number of halogens is 5. The summed E-state index contributed by atoms with van der Waals surface area (Å²) in [6, 6.07) is 2.64. The van der Waals surface area contributed by atoms with Gasteiger partial charge < -0.3 is 10.8 Å². The number of benzene rings is 1. The van der Waals surface area contributed by atoms with Gasteiger partial charge in [0.05, 0.1) is 22.7 Å². The summed E-state index contributed by atoms with van der Waals surface area (Å²) in [6.07, 6.45) is -3.36. The summed E-state index contributed by atoms with van der Waals surface area (Å²) in [4.78, 5) is 0. The van der Waals surface area contributed by atoms with Crippen LogP contribution in [-0.2, 0) is 6.18 Å². The predicted molar refractivity (Wildman–Crippen MR) is 76.2 cm³/mol. The summed E-state index contributed by atoms with van der Waals surface area (Å²) in [5, 5.41) is 9.42. The molecule has 20 heavy (non-hydrogen) atoms. The number of rotatable bonds is 5. The number of unbranched alkanes of at least 4 members (excludes halogenated alkanes) is 1. The molecule has 1 aromatic carbocycles. The van der Waals surface area contributed by atoms with Crippen LogP contribution in [-0.4, -0.2) is 11.2 Å². The number of hydrogen-bond acceptors (Lipinski definition) is 2. The Bertz CT molecular complexity index is 427. The van der Waals surface area contributed by atoms with Crippen molar-refractivity contribution < 1.29 is 18.3 Å². The molecular formula is C13H18Cl2F3NO. The second-order valence-electron chi connectivity index (χ2n) is 4.44. The van der Waals surface area contributed by atoms with E-state index in [-0.39, 0.29) is 18.0 Å². The molecule has 2 nitrogen and oxygen atoms in total. The van der Waals surface area contributed by atoms with E-state index in [0.717, 1.165) is 18.9 Å². The lowest BCUT2D eigenvalue weighted by atomic mass is 9.96. The van der Waals surface area contributed by atoms with Crippen LogP contribution in [0.1, 0.15) is 43.4 Å². The van der Waals surface area contributed by atoms with Gasteiger partial charge in [-0.3, -0.25) is 0 Å². The molecule has 0 saturated heterocycles. The third-order valence-corrected chi connectivity index (χ3v) is 3.38. The molecule has 2 atom stereocenters. The van der Waals surface area contributed by atoms with Crippen molar-refractivity contribution >= 4 is 24.0 Å². The van der Waals surface area contributed by atoms with Crippen molar-refractivity contribution in [3.8, 4) is 0 Å². The lowest BCUT2D eigenvalue weighted by molar-refractivity contribution is -0.137. The van der Waals surface area contributed by atoms with Crippen LogP contribution in [0.15, 0.2) is 18.2 Å². The topological polar surface area (TPSA) is 46.2 Å². The van der Waals surface area contributed by atoms with E-state index in [1.54, 1.807) is 0 Å². The van der Waals surface area contributed by atoms with E-state index in [0.29, 0.717) is 6.42 Å². The van der Waals surface area contributed by atoms with Crippen molar-refractivity contribution in [1.29, 1.82) is 0 Å².